The molecule has 0 aromatic heterocycles. The van der Waals surface area contributed by atoms with Crippen LogP contribution in [-0.2, 0) is 17.9 Å². The normalized spacial score (nSPS) is 11.0. The fraction of sp³-hybridized carbons (Fsp3) is 0.263. The molecule has 0 aliphatic carbocycles. The average molecular weight is 409 g/mol. The Bertz CT molecular complexity index is 795. The van der Waals surface area contributed by atoms with Crippen LogP contribution in [0.4, 0.5) is 0 Å². The van der Waals surface area contributed by atoms with Crippen molar-refractivity contribution in [3.8, 4) is 5.75 Å². The highest BCUT2D eigenvalue weighted by Gasteiger charge is 2.06. The maximum Gasteiger partial charge on any atom is 0.239 e. The zero-order chi connectivity index (χ0) is 19.6. The van der Waals surface area contributed by atoms with Crippen LogP contribution in [0.15, 0.2) is 47.5 Å². The van der Waals surface area contributed by atoms with Crippen LogP contribution >= 0.6 is 23.2 Å². The number of nitrogens with zero attached hydrogens (tertiary/aromatic N) is 1. The Hall–Kier alpha value is -2.44. The number of benzene rings is 2. The fourth-order valence-electron chi connectivity index (χ4n) is 2.24. The van der Waals surface area contributed by atoms with Crippen LogP contribution in [0.2, 0.25) is 10.0 Å². The van der Waals surface area contributed by atoms with Crippen LogP contribution in [-0.4, -0.2) is 32.6 Å². The molecule has 0 atom stereocenters. The average Bonchev–Trinajstić information content (AvgIpc) is 2.68. The van der Waals surface area contributed by atoms with Gasteiger partial charge in [0.1, 0.15) is 5.75 Å². The van der Waals surface area contributed by atoms with Crippen molar-refractivity contribution in [2.45, 2.75) is 13.1 Å². The number of hydrogen-bond acceptors (Lipinski definition) is 3. The zero-order valence-corrected chi connectivity index (χ0v) is 16.7. The Balaban J connectivity index is 1.74. The molecule has 0 saturated carbocycles. The fourth-order valence-corrected chi connectivity index (χ4v) is 2.71. The van der Waals surface area contributed by atoms with Gasteiger partial charge in [0.25, 0.3) is 0 Å². The second-order valence-electron chi connectivity index (χ2n) is 5.64. The standard InChI is InChI=1S/C19H22Cl2N4O2/c1-22-19(24-11-14-5-6-15(20)9-17(14)21)25-12-18(26)23-10-13-3-7-16(27-2)8-4-13/h3-9H,10-12H2,1-2H3,(H,23,26)(H2,22,24,25). The predicted molar refractivity (Wildman–Crippen MR) is 110 cm³/mol. The summed E-state index contributed by atoms with van der Waals surface area (Å²) in [5.41, 5.74) is 1.87. The van der Waals surface area contributed by atoms with Crippen LogP contribution in [0.1, 0.15) is 11.1 Å². The Morgan fingerprint density at radius 1 is 1.04 bits per heavy atom. The van der Waals surface area contributed by atoms with Gasteiger partial charge in [0.2, 0.25) is 5.91 Å². The molecule has 144 valence electrons. The lowest BCUT2D eigenvalue weighted by molar-refractivity contribution is -0.120. The van der Waals surface area contributed by atoms with Gasteiger partial charge in [-0.05, 0) is 35.4 Å². The van der Waals surface area contributed by atoms with Crippen molar-refractivity contribution in [3.63, 3.8) is 0 Å². The van der Waals surface area contributed by atoms with Gasteiger partial charge in [-0.25, -0.2) is 0 Å². The van der Waals surface area contributed by atoms with Crippen LogP contribution in [0, 0.1) is 0 Å². The van der Waals surface area contributed by atoms with Gasteiger partial charge in [-0.3, -0.25) is 9.79 Å². The summed E-state index contributed by atoms with van der Waals surface area (Å²) in [7, 11) is 3.25. The largest absolute Gasteiger partial charge is 0.497 e. The van der Waals surface area contributed by atoms with Gasteiger partial charge in [0.15, 0.2) is 5.96 Å². The Labute approximate surface area is 168 Å². The quantitative estimate of drug-likeness (QED) is 0.486. The highest BCUT2D eigenvalue weighted by molar-refractivity contribution is 6.35. The number of aliphatic imine (C=N–C) groups is 1. The van der Waals surface area contributed by atoms with Crippen LogP contribution in [0.5, 0.6) is 5.75 Å². The molecule has 0 radical (unpaired) electrons. The van der Waals surface area contributed by atoms with E-state index in [0.717, 1.165) is 16.9 Å². The van der Waals surface area contributed by atoms with Crippen LogP contribution < -0.4 is 20.7 Å². The number of amides is 1. The number of carbonyl (C=O) groups excluding carboxylic acids is 1. The van der Waals surface area contributed by atoms with E-state index in [2.05, 4.69) is 20.9 Å². The van der Waals surface area contributed by atoms with Crippen molar-refractivity contribution in [3.05, 3.63) is 63.6 Å². The molecule has 2 aromatic rings. The molecule has 0 spiro atoms. The van der Waals surface area contributed by atoms with Crippen molar-refractivity contribution in [1.29, 1.82) is 0 Å². The molecular weight excluding hydrogens is 387 g/mol. The molecule has 2 rings (SSSR count). The highest BCUT2D eigenvalue weighted by atomic mass is 35.5. The van der Waals surface area contributed by atoms with Crippen molar-refractivity contribution in [1.82, 2.24) is 16.0 Å². The second-order valence-corrected chi connectivity index (χ2v) is 6.48. The molecule has 0 unspecified atom stereocenters. The lowest BCUT2D eigenvalue weighted by atomic mass is 10.2. The summed E-state index contributed by atoms with van der Waals surface area (Å²) < 4.78 is 5.11. The van der Waals surface area contributed by atoms with Gasteiger partial charge in [-0.1, -0.05) is 41.4 Å². The van der Waals surface area contributed by atoms with Gasteiger partial charge in [-0.2, -0.15) is 0 Å². The number of halogens is 2. The lowest BCUT2D eigenvalue weighted by Crippen LogP contribution is -2.42. The number of hydrogen-bond donors (Lipinski definition) is 3. The van der Waals surface area contributed by atoms with E-state index in [0.29, 0.717) is 29.1 Å². The molecule has 8 heteroatoms. The van der Waals surface area contributed by atoms with E-state index in [1.165, 1.54) is 0 Å². The Kier molecular flexibility index (Phi) is 8.23. The summed E-state index contributed by atoms with van der Waals surface area (Å²) in [4.78, 5) is 16.1. The van der Waals surface area contributed by atoms with E-state index in [1.54, 1.807) is 26.3 Å². The van der Waals surface area contributed by atoms with E-state index >= 15 is 0 Å². The van der Waals surface area contributed by atoms with E-state index < -0.39 is 0 Å². The van der Waals surface area contributed by atoms with Gasteiger partial charge >= 0.3 is 0 Å². The van der Waals surface area contributed by atoms with E-state index in [9.17, 15) is 4.79 Å². The zero-order valence-electron chi connectivity index (χ0n) is 15.2. The molecule has 27 heavy (non-hydrogen) atoms. The number of guanidine groups is 1. The van der Waals surface area contributed by atoms with Crippen molar-refractivity contribution in [2.24, 2.45) is 4.99 Å². The van der Waals surface area contributed by atoms with E-state index in [1.807, 2.05) is 30.3 Å². The molecule has 3 N–H and O–H groups in total. The van der Waals surface area contributed by atoms with Crippen LogP contribution in [0.25, 0.3) is 0 Å². The Morgan fingerprint density at radius 2 is 1.78 bits per heavy atom. The minimum Gasteiger partial charge on any atom is -0.497 e. The summed E-state index contributed by atoms with van der Waals surface area (Å²) in [5, 5.41) is 10.1. The summed E-state index contributed by atoms with van der Waals surface area (Å²) in [5.74, 6) is 1.14. The first-order chi connectivity index (χ1) is 13.0. The number of methoxy groups -OCH3 is 1. The maximum absolute atomic E-state index is 12.0. The van der Waals surface area contributed by atoms with Crippen LogP contribution in [0.3, 0.4) is 0 Å². The number of rotatable bonds is 7. The van der Waals surface area contributed by atoms with E-state index in [4.69, 9.17) is 27.9 Å². The third kappa shape index (κ3) is 7.00. The monoisotopic (exact) mass is 408 g/mol. The van der Waals surface area contributed by atoms with Gasteiger partial charge < -0.3 is 20.7 Å². The molecule has 0 aliphatic heterocycles. The molecule has 0 aliphatic rings. The number of carbonyl (C=O) groups is 1. The molecule has 1 amide bonds. The van der Waals surface area contributed by atoms with Crippen molar-refractivity contribution < 1.29 is 9.53 Å². The molecule has 0 saturated heterocycles. The molecule has 6 nitrogen and oxygen atoms in total. The second kappa shape index (κ2) is 10.6. The van der Waals surface area contributed by atoms with Crippen molar-refractivity contribution in [2.75, 3.05) is 20.7 Å². The van der Waals surface area contributed by atoms with Gasteiger partial charge in [0, 0.05) is 30.2 Å². The predicted octanol–water partition coefficient (Wildman–Crippen LogP) is 2.98. The minimum atomic E-state index is -0.140. The summed E-state index contributed by atoms with van der Waals surface area (Å²) >= 11 is 12.0. The first-order valence-electron chi connectivity index (χ1n) is 8.30. The van der Waals surface area contributed by atoms with Gasteiger partial charge in [0.05, 0.1) is 13.7 Å². The number of nitrogens with one attached hydrogen (secondary N) is 3. The SMILES string of the molecule is CN=C(NCC(=O)NCc1ccc(OC)cc1)NCc1ccc(Cl)cc1Cl. The third-order valence-electron chi connectivity index (χ3n) is 3.75. The number of ether oxygens (including phenoxy) is 1. The third-order valence-corrected chi connectivity index (χ3v) is 4.34. The first kappa shape index (κ1) is 20.9. The van der Waals surface area contributed by atoms with Crippen molar-refractivity contribution >= 4 is 35.1 Å². The summed E-state index contributed by atoms with van der Waals surface area (Å²) in [6, 6.07) is 12.8. The van der Waals surface area contributed by atoms with Gasteiger partial charge in [-0.15, -0.1) is 0 Å². The molecule has 0 heterocycles. The molecular formula is C19H22Cl2N4O2. The first-order valence-corrected chi connectivity index (χ1v) is 9.05. The Morgan fingerprint density at radius 3 is 2.41 bits per heavy atom. The maximum atomic E-state index is 12.0. The summed E-state index contributed by atoms with van der Waals surface area (Å²) in [6.07, 6.45) is 0. The smallest absolute Gasteiger partial charge is 0.239 e. The summed E-state index contributed by atoms with van der Waals surface area (Å²) in [6.45, 7) is 1.00. The van der Waals surface area contributed by atoms with E-state index in [-0.39, 0.29) is 12.5 Å². The lowest BCUT2D eigenvalue weighted by Gasteiger charge is -2.13. The molecule has 2 aromatic carbocycles. The molecule has 0 fully saturated rings. The minimum absolute atomic E-state index is 0.101. The molecule has 0 bridgehead atoms. The topological polar surface area (TPSA) is 74.8 Å². The highest BCUT2D eigenvalue weighted by Crippen LogP contribution is 2.20.